The predicted octanol–water partition coefficient (Wildman–Crippen LogP) is 1.39. The lowest BCUT2D eigenvalue weighted by atomic mass is 10.1. The summed E-state index contributed by atoms with van der Waals surface area (Å²) in [5, 5.41) is 2.96. The van der Waals surface area contributed by atoms with E-state index >= 15 is 0 Å². The van der Waals surface area contributed by atoms with Crippen LogP contribution in [-0.2, 0) is 4.79 Å². The van der Waals surface area contributed by atoms with Crippen LogP contribution in [-0.4, -0.2) is 59.3 Å². The van der Waals surface area contributed by atoms with Crippen LogP contribution in [0.3, 0.4) is 0 Å². The lowest BCUT2D eigenvalue weighted by Gasteiger charge is -2.34. The molecule has 1 saturated heterocycles. The average molecular weight is 368 g/mol. The Bertz CT molecular complexity index is 898. The zero-order valence-electron chi connectivity index (χ0n) is 15.6. The highest BCUT2D eigenvalue weighted by Crippen LogP contribution is 2.18. The highest BCUT2D eigenvalue weighted by Gasteiger charge is 2.24. The van der Waals surface area contributed by atoms with E-state index in [1.54, 1.807) is 11.0 Å². The number of aromatic amines is 1. The molecule has 27 heavy (non-hydrogen) atoms. The number of nitrogens with one attached hydrogen (secondary N) is 2. The van der Waals surface area contributed by atoms with E-state index in [-0.39, 0.29) is 29.5 Å². The molecule has 0 saturated carbocycles. The number of nitrogens with zero attached hydrogens (tertiary/aromatic N) is 2. The van der Waals surface area contributed by atoms with E-state index in [1.807, 2.05) is 36.9 Å². The maximum Gasteiger partial charge on any atom is 0.260 e. The van der Waals surface area contributed by atoms with Crippen LogP contribution in [0.1, 0.15) is 21.5 Å². The quantitative estimate of drug-likeness (QED) is 0.854. The second-order valence-corrected chi connectivity index (χ2v) is 6.78. The highest BCUT2D eigenvalue weighted by molar-refractivity contribution is 5.94. The number of amides is 2. The number of hydrogen-bond donors (Lipinski definition) is 2. The lowest BCUT2D eigenvalue weighted by Crippen LogP contribution is -2.51. The van der Waals surface area contributed by atoms with Crippen LogP contribution in [0.15, 0.2) is 41.3 Å². The van der Waals surface area contributed by atoms with E-state index in [1.165, 1.54) is 12.3 Å². The van der Waals surface area contributed by atoms with E-state index in [9.17, 15) is 14.4 Å². The average Bonchev–Trinajstić information content (AvgIpc) is 2.66. The predicted molar refractivity (Wildman–Crippen MR) is 104 cm³/mol. The van der Waals surface area contributed by atoms with Crippen LogP contribution >= 0.6 is 0 Å². The van der Waals surface area contributed by atoms with Gasteiger partial charge in [0.05, 0.1) is 6.54 Å². The summed E-state index contributed by atoms with van der Waals surface area (Å²) in [6.45, 7) is 6.45. The monoisotopic (exact) mass is 368 g/mol. The van der Waals surface area contributed by atoms with E-state index < -0.39 is 0 Å². The van der Waals surface area contributed by atoms with Gasteiger partial charge in [-0.05, 0) is 43.2 Å². The third-order valence-electron chi connectivity index (χ3n) is 4.95. The zero-order valence-corrected chi connectivity index (χ0v) is 15.6. The number of rotatable bonds is 4. The van der Waals surface area contributed by atoms with E-state index in [0.29, 0.717) is 26.2 Å². The molecule has 2 N–H and O–H groups in total. The second kappa shape index (κ2) is 8.18. The smallest absolute Gasteiger partial charge is 0.260 e. The molecule has 142 valence electrons. The van der Waals surface area contributed by atoms with E-state index in [2.05, 4.69) is 10.3 Å². The number of anilines is 1. The Hall–Kier alpha value is -2.93. The van der Waals surface area contributed by atoms with Gasteiger partial charge in [0.25, 0.3) is 11.5 Å². The molecule has 7 heteroatoms. The summed E-state index contributed by atoms with van der Waals surface area (Å²) >= 11 is 0. The van der Waals surface area contributed by atoms with Gasteiger partial charge in [-0.15, -0.1) is 0 Å². The van der Waals surface area contributed by atoms with Gasteiger partial charge in [-0.1, -0.05) is 12.1 Å². The van der Waals surface area contributed by atoms with Gasteiger partial charge in [-0.2, -0.15) is 0 Å². The standard InChI is InChI=1S/C20H24N4O3/c1-14-5-3-7-17(15(14)2)22-18(25)13-23-9-11-24(12-10-23)20(27)16-6-4-8-21-19(16)26/h3-8H,9-13H2,1-2H3,(H,21,26)(H,22,25). The molecule has 2 heterocycles. The summed E-state index contributed by atoms with van der Waals surface area (Å²) < 4.78 is 0. The molecule has 7 nitrogen and oxygen atoms in total. The van der Waals surface area contributed by atoms with E-state index in [0.717, 1.165) is 16.8 Å². The van der Waals surface area contributed by atoms with Crippen molar-refractivity contribution in [3.05, 3.63) is 63.6 Å². The second-order valence-electron chi connectivity index (χ2n) is 6.78. The molecule has 0 radical (unpaired) electrons. The van der Waals surface area contributed by atoms with Crippen LogP contribution in [0.5, 0.6) is 0 Å². The van der Waals surface area contributed by atoms with Gasteiger partial charge >= 0.3 is 0 Å². The van der Waals surface area contributed by atoms with Crippen LogP contribution in [0.2, 0.25) is 0 Å². The van der Waals surface area contributed by atoms with E-state index in [4.69, 9.17) is 0 Å². The first-order valence-electron chi connectivity index (χ1n) is 9.01. The largest absolute Gasteiger partial charge is 0.336 e. The van der Waals surface area contributed by atoms with Crippen molar-refractivity contribution in [2.75, 3.05) is 38.0 Å². The molecule has 2 aromatic rings. The Morgan fingerprint density at radius 3 is 2.52 bits per heavy atom. The molecule has 0 unspecified atom stereocenters. The van der Waals surface area contributed by atoms with Gasteiger partial charge < -0.3 is 15.2 Å². The minimum atomic E-state index is -0.377. The molecule has 1 aromatic heterocycles. The Labute approximate surface area is 158 Å². The summed E-state index contributed by atoms with van der Waals surface area (Å²) in [5.74, 6) is -0.334. The minimum Gasteiger partial charge on any atom is -0.336 e. The molecule has 0 bridgehead atoms. The minimum absolute atomic E-state index is 0.0667. The van der Waals surface area contributed by atoms with Gasteiger partial charge in [0.15, 0.2) is 0 Å². The number of hydrogen-bond acceptors (Lipinski definition) is 4. The van der Waals surface area contributed by atoms with Crippen molar-refractivity contribution in [1.29, 1.82) is 0 Å². The normalized spacial score (nSPS) is 14.8. The number of aryl methyl sites for hydroxylation is 1. The number of H-pyrrole nitrogens is 1. The number of pyridine rings is 1. The van der Waals surface area contributed by atoms with Crippen molar-refractivity contribution in [1.82, 2.24) is 14.8 Å². The Morgan fingerprint density at radius 2 is 1.81 bits per heavy atom. The fourth-order valence-electron chi connectivity index (χ4n) is 3.15. The molecule has 0 atom stereocenters. The molecule has 1 aliphatic heterocycles. The molecule has 3 rings (SSSR count). The maximum atomic E-state index is 12.5. The SMILES string of the molecule is Cc1cccc(NC(=O)CN2CCN(C(=O)c3ccc[nH]c3=O)CC2)c1C. The van der Waals surface area contributed by atoms with Gasteiger partial charge in [0.1, 0.15) is 5.56 Å². The third-order valence-corrected chi connectivity index (χ3v) is 4.95. The van der Waals surface area contributed by atoms with Crippen molar-refractivity contribution < 1.29 is 9.59 Å². The maximum absolute atomic E-state index is 12.5. The van der Waals surface area contributed by atoms with Crippen LogP contribution < -0.4 is 10.9 Å². The molecule has 0 aliphatic carbocycles. The first kappa shape index (κ1) is 18.8. The van der Waals surface area contributed by atoms with Gasteiger partial charge in [-0.25, -0.2) is 0 Å². The van der Waals surface area contributed by atoms with Crippen molar-refractivity contribution in [2.45, 2.75) is 13.8 Å². The number of aromatic nitrogens is 1. The molecular formula is C20H24N4O3. The zero-order chi connectivity index (χ0) is 19.4. The highest BCUT2D eigenvalue weighted by atomic mass is 16.2. The number of carbonyl (C=O) groups is 2. The summed E-state index contributed by atoms with van der Waals surface area (Å²) in [4.78, 5) is 42.8. The van der Waals surface area contributed by atoms with Gasteiger partial charge in [0, 0.05) is 38.1 Å². The van der Waals surface area contributed by atoms with Gasteiger partial charge in [-0.3, -0.25) is 19.3 Å². The molecule has 1 aliphatic rings. The lowest BCUT2D eigenvalue weighted by molar-refractivity contribution is -0.117. The first-order valence-corrected chi connectivity index (χ1v) is 9.01. The molecule has 2 amide bonds. The van der Waals surface area contributed by atoms with Crippen LogP contribution in [0, 0.1) is 13.8 Å². The van der Waals surface area contributed by atoms with Crippen molar-refractivity contribution in [3.8, 4) is 0 Å². The summed E-state index contributed by atoms with van der Waals surface area (Å²) in [5.41, 5.74) is 2.80. The fourth-order valence-corrected chi connectivity index (χ4v) is 3.15. The number of carbonyl (C=O) groups excluding carboxylic acids is 2. The van der Waals surface area contributed by atoms with Crippen LogP contribution in [0.25, 0.3) is 0 Å². The molecular weight excluding hydrogens is 344 g/mol. The first-order chi connectivity index (χ1) is 13.0. The molecule has 0 spiro atoms. The van der Waals surface area contributed by atoms with Crippen LogP contribution in [0.4, 0.5) is 5.69 Å². The molecule has 1 aromatic carbocycles. The Balaban J connectivity index is 1.53. The topological polar surface area (TPSA) is 85.5 Å². The number of piperazine rings is 1. The van der Waals surface area contributed by atoms with Gasteiger partial charge in [0.2, 0.25) is 5.91 Å². The third kappa shape index (κ3) is 4.43. The summed E-state index contributed by atoms with van der Waals surface area (Å²) in [7, 11) is 0. The Kier molecular flexibility index (Phi) is 5.71. The fraction of sp³-hybridized carbons (Fsp3) is 0.350. The number of benzene rings is 1. The van der Waals surface area contributed by atoms with Crippen molar-refractivity contribution in [2.24, 2.45) is 0 Å². The van der Waals surface area contributed by atoms with Crippen molar-refractivity contribution >= 4 is 17.5 Å². The Morgan fingerprint density at radius 1 is 1.07 bits per heavy atom. The summed E-state index contributed by atoms with van der Waals surface area (Å²) in [6.07, 6.45) is 1.51. The molecule has 1 fully saturated rings. The summed E-state index contributed by atoms with van der Waals surface area (Å²) in [6, 6.07) is 9.01. The van der Waals surface area contributed by atoms with Crippen molar-refractivity contribution in [3.63, 3.8) is 0 Å².